The second-order valence-corrected chi connectivity index (χ2v) is 27.1. The van der Waals surface area contributed by atoms with Crippen molar-refractivity contribution >= 4 is 39.5 Å². The lowest BCUT2D eigenvalue weighted by Gasteiger charge is -2.21. The summed E-state index contributed by atoms with van der Waals surface area (Å²) in [5.74, 6) is -2.13. The van der Waals surface area contributed by atoms with E-state index in [4.69, 9.17) is 37.0 Å². The number of carbonyl (C=O) groups excluding carboxylic acids is 4. The topological polar surface area (TPSA) is 237 Å². The second-order valence-electron chi connectivity index (χ2n) is 24.2. The number of rotatable bonds is 68. The van der Waals surface area contributed by atoms with E-state index in [1.54, 1.807) is 0 Å². The van der Waals surface area contributed by atoms with Gasteiger partial charge in [-0.1, -0.05) is 297 Å². The number of phosphoric ester groups is 2. The first-order valence-corrected chi connectivity index (χ1v) is 38.3. The van der Waals surface area contributed by atoms with Gasteiger partial charge in [0.1, 0.15) is 19.3 Å². The first-order chi connectivity index (χ1) is 41.7. The van der Waals surface area contributed by atoms with Crippen molar-refractivity contribution in [2.75, 3.05) is 39.6 Å². The van der Waals surface area contributed by atoms with Crippen molar-refractivity contribution in [3.05, 3.63) is 0 Å². The molecule has 2 unspecified atom stereocenters. The molecule has 0 bridgehead atoms. The van der Waals surface area contributed by atoms with E-state index in [1.165, 1.54) is 161 Å². The van der Waals surface area contributed by atoms with Gasteiger partial charge in [-0.3, -0.25) is 37.3 Å². The maximum Gasteiger partial charge on any atom is 0.472 e. The van der Waals surface area contributed by atoms with Crippen LogP contribution in [0.5, 0.6) is 0 Å². The Kier molecular flexibility index (Phi) is 60.5. The zero-order valence-corrected chi connectivity index (χ0v) is 57.1. The Morgan fingerprint density at radius 2 is 0.465 bits per heavy atom. The minimum absolute atomic E-state index is 0.105. The van der Waals surface area contributed by atoms with Crippen LogP contribution in [0, 0.1) is 0 Å². The largest absolute Gasteiger partial charge is 0.472 e. The maximum atomic E-state index is 13.0. The van der Waals surface area contributed by atoms with Gasteiger partial charge in [-0.05, 0) is 25.7 Å². The number of phosphoric acid groups is 2. The zero-order valence-electron chi connectivity index (χ0n) is 55.3. The van der Waals surface area contributed by atoms with Crippen LogP contribution < -0.4 is 0 Å². The van der Waals surface area contributed by atoms with Crippen molar-refractivity contribution < 1.29 is 80.2 Å². The van der Waals surface area contributed by atoms with Crippen molar-refractivity contribution in [2.45, 2.75) is 367 Å². The van der Waals surface area contributed by atoms with Crippen LogP contribution in [0.4, 0.5) is 0 Å². The van der Waals surface area contributed by atoms with Crippen molar-refractivity contribution in [1.82, 2.24) is 0 Å². The lowest BCUT2D eigenvalue weighted by molar-refractivity contribution is -0.161. The second kappa shape index (κ2) is 61.9. The quantitative estimate of drug-likeness (QED) is 0.0222. The molecule has 0 rings (SSSR count). The van der Waals surface area contributed by atoms with Gasteiger partial charge in [0.15, 0.2) is 12.2 Å². The molecule has 0 aliphatic heterocycles. The average molecular weight is 1270 g/mol. The van der Waals surface area contributed by atoms with E-state index in [9.17, 15) is 43.2 Å². The Hall–Kier alpha value is -1.94. The van der Waals surface area contributed by atoms with Crippen LogP contribution >= 0.6 is 15.6 Å². The van der Waals surface area contributed by atoms with E-state index in [0.29, 0.717) is 25.7 Å². The van der Waals surface area contributed by atoms with Crippen LogP contribution in [0.1, 0.15) is 349 Å². The van der Waals surface area contributed by atoms with Gasteiger partial charge in [0.05, 0.1) is 26.4 Å². The summed E-state index contributed by atoms with van der Waals surface area (Å²) in [5, 5.41) is 10.5. The van der Waals surface area contributed by atoms with Gasteiger partial charge >= 0.3 is 39.5 Å². The number of esters is 4. The van der Waals surface area contributed by atoms with Crippen LogP contribution in [0.15, 0.2) is 0 Å². The predicted molar refractivity (Wildman–Crippen MR) is 345 cm³/mol. The van der Waals surface area contributed by atoms with E-state index in [-0.39, 0.29) is 25.7 Å². The first kappa shape index (κ1) is 84.1. The Morgan fingerprint density at radius 1 is 0.279 bits per heavy atom. The molecule has 0 radical (unpaired) electrons. The number of ether oxygens (including phenoxy) is 4. The summed E-state index contributed by atoms with van der Waals surface area (Å²) in [5.41, 5.74) is 0. The highest BCUT2D eigenvalue weighted by molar-refractivity contribution is 7.47. The summed E-state index contributed by atoms with van der Waals surface area (Å²) in [4.78, 5) is 72.1. The number of hydrogen-bond acceptors (Lipinski definition) is 15. The molecule has 0 spiro atoms. The summed E-state index contributed by atoms with van der Waals surface area (Å²) >= 11 is 0. The minimum Gasteiger partial charge on any atom is -0.462 e. The molecular weight excluding hydrogens is 1140 g/mol. The molecule has 0 aliphatic carbocycles. The average Bonchev–Trinajstić information content (AvgIpc) is 3.54. The number of aliphatic hydroxyl groups is 1. The standard InChI is InChI=1S/C67H130O17P2/c1-5-9-13-17-21-24-26-28-29-30-31-32-33-34-36-38-42-46-50-54-67(72)84-63(58-78-65(70)52-48-44-41-37-35-27-25-22-18-14-10-6-2)60-82-86(75,76)80-56-61(68)55-79-85(73,74)81-59-62(57-77-64(69)51-47-43-39-20-16-12-8-4)83-66(71)53-49-45-40-23-19-15-11-7-3/h61-63,68H,5-60H2,1-4H3,(H,73,74)(H,75,76)/t61-,62+,63+/m0/s1. The van der Waals surface area contributed by atoms with Crippen LogP contribution in [-0.2, 0) is 65.4 Å². The molecule has 0 aromatic carbocycles. The van der Waals surface area contributed by atoms with E-state index >= 15 is 0 Å². The van der Waals surface area contributed by atoms with Crippen LogP contribution in [0.3, 0.4) is 0 Å². The van der Waals surface area contributed by atoms with Crippen LogP contribution in [0.25, 0.3) is 0 Å². The molecule has 0 aromatic rings. The van der Waals surface area contributed by atoms with Crippen molar-refractivity contribution in [3.8, 4) is 0 Å². The highest BCUT2D eigenvalue weighted by Gasteiger charge is 2.30. The van der Waals surface area contributed by atoms with Gasteiger partial charge in [-0.2, -0.15) is 0 Å². The summed E-state index contributed by atoms with van der Waals surface area (Å²) in [6, 6.07) is 0. The van der Waals surface area contributed by atoms with Crippen molar-refractivity contribution in [1.29, 1.82) is 0 Å². The van der Waals surface area contributed by atoms with Crippen LogP contribution in [0.2, 0.25) is 0 Å². The number of aliphatic hydroxyl groups excluding tert-OH is 1. The summed E-state index contributed by atoms with van der Waals surface area (Å²) in [6.07, 6.45) is 48.8. The fourth-order valence-corrected chi connectivity index (χ4v) is 11.7. The third-order valence-corrected chi connectivity index (χ3v) is 17.5. The Bertz CT molecular complexity index is 1650. The van der Waals surface area contributed by atoms with E-state index in [2.05, 4.69) is 27.7 Å². The highest BCUT2D eigenvalue weighted by atomic mass is 31.2. The molecular formula is C67H130O17P2. The maximum absolute atomic E-state index is 13.0. The molecule has 0 saturated heterocycles. The molecule has 0 aliphatic rings. The molecule has 17 nitrogen and oxygen atoms in total. The van der Waals surface area contributed by atoms with Gasteiger partial charge < -0.3 is 33.8 Å². The van der Waals surface area contributed by atoms with E-state index in [0.717, 1.165) is 109 Å². The normalized spacial score (nSPS) is 14.1. The van der Waals surface area contributed by atoms with Crippen molar-refractivity contribution in [2.24, 2.45) is 0 Å². The molecule has 0 heterocycles. The molecule has 510 valence electrons. The lowest BCUT2D eigenvalue weighted by Crippen LogP contribution is -2.30. The third kappa shape index (κ3) is 60.9. The number of unbranched alkanes of at least 4 members (excludes halogenated alkanes) is 42. The molecule has 3 N–H and O–H groups in total. The summed E-state index contributed by atoms with van der Waals surface area (Å²) < 4.78 is 68.0. The molecule has 0 amide bonds. The van der Waals surface area contributed by atoms with Crippen molar-refractivity contribution in [3.63, 3.8) is 0 Å². The summed E-state index contributed by atoms with van der Waals surface area (Å²) in [7, 11) is -9.88. The molecule has 19 heteroatoms. The SMILES string of the molecule is CCCCCCCCCCCCCCCCCCCCCC(=O)O[C@H](COC(=O)CCCCCCCCCCCCCC)COP(=O)(O)OC[C@@H](O)COP(=O)(O)OC[C@@H](COC(=O)CCCCCCCCC)OC(=O)CCCCCCCCCC. The van der Waals surface area contributed by atoms with Gasteiger partial charge in [-0.25, -0.2) is 9.13 Å². The predicted octanol–water partition coefficient (Wildman–Crippen LogP) is 19.1. The monoisotopic (exact) mass is 1270 g/mol. The van der Waals surface area contributed by atoms with E-state index < -0.39 is 97.5 Å². The number of hydrogen-bond donors (Lipinski definition) is 3. The molecule has 5 atom stereocenters. The minimum atomic E-state index is -4.95. The van der Waals surface area contributed by atoms with Gasteiger partial charge in [0.2, 0.25) is 0 Å². The Balaban J connectivity index is 5.14. The van der Waals surface area contributed by atoms with Gasteiger partial charge in [-0.15, -0.1) is 0 Å². The fourth-order valence-electron chi connectivity index (χ4n) is 10.2. The Labute approximate surface area is 524 Å². The lowest BCUT2D eigenvalue weighted by atomic mass is 10.0. The molecule has 86 heavy (non-hydrogen) atoms. The van der Waals surface area contributed by atoms with Gasteiger partial charge in [0.25, 0.3) is 0 Å². The Morgan fingerprint density at radius 3 is 0.686 bits per heavy atom. The highest BCUT2D eigenvalue weighted by Crippen LogP contribution is 2.45. The summed E-state index contributed by atoms with van der Waals surface area (Å²) in [6.45, 7) is 4.85. The molecule has 0 saturated carbocycles. The smallest absolute Gasteiger partial charge is 0.462 e. The van der Waals surface area contributed by atoms with E-state index in [1.807, 2.05) is 0 Å². The van der Waals surface area contributed by atoms with Crippen LogP contribution in [-0.4, -0.2) is 96.7 Å². The van der Waals surface area contributed by atoms with Gasteiger partial charge in [0, 0.05) is 25.7 Å². The fraction of sp³-hybridized carbons (Fsp3) is 0.940. The molecule has 0 fully saturated rings. The zero-order chi connectivity index (χ0) is 63.3. The molecule has 0 aromatic heterocycles. The third-order valence-electron chi connectivity index (χ3n) is 15.6. The number of carbonyl (C=O) groups is 4. The first-order valence-electron chi connectivity index (χ1n) is 35.3.